The normalized spacial score (nSPS) is 17.4. The molecule has 2 amide bonds. The number of amides is 2. The molecular weight excluding hydrogens is 334 g/mol. The minimum atomic E-state index is -0.375. The van der Waals surface area contributed by atoms with Crippen molar-refractivity contribution >= 4 is 35.1 Å². The van der Waals surface area contributed by atoms with Crippen molar-refractivity contribution < 1.29 is 9.59 Å². The average molecular weight is 355 g/mol. The maximum atomic E-state index is 12.3. The van der Waals surface area contributed by atoms with Crippen LogP contribution in [0.5, 0.6) is 0 Å². The molecule has 1 N–H and O–H groups in total. The summed E-state index contributed by atoms with van der Waals surface area (Å²) >= 11 is 1.57. The lowest BCUT2D eigenvalue weighted by molar-refractivity contribution is -0.126. The first-order valence-corrected chi connectivity index (χ1v) is 9.22. The van der Waals surface area contributed by atoms with Gasteiger partial charge in [0.1, 0.15) is 0 Å². The van der Waals surface area contributed by atoms with Crippen LogP contribution < -0.4 is 10.3 Å². The molecule has 0 aliphatic carbocycles. The van der Waals surface area contributed by atoms with E-state index in [1.165, 1.54) is 5.56 Å². The van der Waals surface area contributed by atoms with Gasteiger partial charge in [0, 0.05) is 23.5 Å². The summed E-state index contributed by atoms with van der Waals surface area (Å²) in [6, 6.07) is 9.92. The highest BCUT2D eigenvalue weighted by molar-refractivity contribution is 7.11. The van der Waals surface area contributed by atoms with E-state index in [-0.39, 0.29) is 24.2 Å². The van der Waals surface area contributed by atoms with Gasteiger partial charge in [-0.1, -0.05) is 19.1 Å². The van der Waals surface area contributed by atoms with E-state index in [0.717, 1.165) is 22.5 Å². The molecule has 0 radical (unpaired) electrons. The molecule has 3 rings (SSSR count). The molecule has 5 nitrogen and oxygen atoms in total. The molecule has 0 saturated carbocycles. The zero-order valence-electron chi connectivity index (χ0n) is 14.4. The Hall–Kier alpha value is -2.47. The monoisotopic (exact) mass is 355 g/mol. The number of nitrogens with zero attached hydrogens (tertiary/aromatic N) is 2. The summed E-state index contributed by atoms with van der Waals surface area (Å²) in [7, 11) is 0. The molecule has 2 heterocycles. The number of carbonyl (C=O) groups is 2. The lowest BCUT2D eigenvalue weighted by Gasteiger charge is -2.16. The van der Waals surface area contributed by atoms with Gasteiger partial charge in [0.15, 0.2) is 0 Å². The van der Waals surface area contributed by atoms with E-state index < -0.39 is 0 Å². The summed E-state index contributed by atoms with van der Waals surface area (Å²) in [5.74, 6) is -0.617. The average Bonchev–Trinajstić information content (AvgIpc) is 3.21. The van der Waals surface area contributed by atoms with Crippen molar-refractivity contribution in [2.45, 2.75) is 26.7 Å². The van der Waals surface area contributed by atoms with Crippen LogP contribution in [0, 0.1) is 12.8 Å². The van der Waals surface area contributed by atoms with Crippen molar-refractivity contribution in [3.8, 4) is 0 Å². The first-order valence-electron chi connectivity index (χ1n) is 8.34. The number of hydrogen-bond acceptors (Lipinski definition) is 4. The molecule has 0 bridgehead atoms. The van der Waals surface area contributed by atoms with Crippen molar-refractivity contribution in [1.82, 2.24) is 5.43 Å². The first-order chi connectivity index (χ1) is 12.1. The number of nitrogens with one attached hydrogen (secondary N) is 1. The minimum absolute atomic E-state index is 0.0255. The molecule has 2 aromatic rings. The second kappa shape index (κ2) is 7.61. The molecule has 6 heteroatoms. The number of carbonyl (C=O) groups excluding carboxylic acids is 2. The van der Waals surface area contributed by atoms with Gasteiger partial charge in [0.2, 0.25) is 11.8 Å². The van der Waals surface area contributed by atoms with Gasteiger partial charge in [-0.2, -0.15) is 5.10 Å². The van der Waals surface area contributed by atoms with E-state index in [1.54, 1.807) is 22.5 Å². The molecule has 1 fully saturated rings. The second-order valence-corrected chi connectivity index (χ2v) is 7.08. The predicted molar refractivity (Wildman–Crippen MR) is 101 cm³/mol. The van der Waals surface area contributed by atoms with Crippen LogP contribution in [-0.4, -0.2) is 24.6 Å². The smallest absolute Gasteiger partial charge is 0.245 e. The zero-order valence-corrected chi connectivity index (χ0v) is 15.2. The summed E-state index contributed by atoms with van der Waals surface area (Å²) in [5, 5.41) is 6.00. The van der Waals surface area contributed by atoms with E-state index in [0.29, 0.717) is 6.54 Å². The standard InChI is InChI=1S/C19H21N3O2S/c1-3-14-4-6-16(7-5-14)22-12-15(10-18(22)23)19(24)21-20-11-17-13(2)8-9-25-17/h4-9,11,15H,3,10,12H2,1-2H3,(H,21,24)/b20-11-/t15-/m1/s1. The van der Waals surface area contributed by atoms with Crippen molar-refractivity contribution in [2.75, 3.05) is 11.4 Å². The SMILES string of the molecule is CCc1ccc(N2C[C@H](C(=O)N/N=C\c3sccc3C)CC2=O)cc1. The molecule has 1 aliphatic heterocycles. The van der Waals surface area contributed by atoms with Crippen LogP contribution in [0.1, 0.15) is 29.3 Å². The quantitative estimate of drug-likeness (QED) is 0.662. The third kappa shape index (κ3) is 3.96. The fourth-order valence-electron chi connectivity index (χ4n) is 2.81. The molecule has 25 heavy (non-hydrogen) atoms. The van der Waals surface area contributed by atoms with Gasteiger partial charge < -0.3 is 4.90 Å². The number of rotatable bonds is 5. The number of hydrazone groups is 1. The van der Waals surface area contributed by atoms with Crippen LogP contribution in [0.4, 0.5) is 5.69 Å². The second-order valence-electron chi connectivity index (χ2n) is 6.13. The third-order valence-corrected chi connectivity index (χ3v) is 5.36. The van der Waals surface area contributed by atoms with E-state index in [1.807, 2.05) is 42.6 Å². The van der Waals surface area contributed by atoms with Crippen LogP contribution in [0.3, 0.4) is 0 Å². The lowest BCUT2D eigenvalue weighted by Crippen LogP contribution is -2.30. The van der Waals surface area contributed by atoms with Crippen LogP contribution in [-0.2, 0) is 16.0 Å². The zero-order chi connectivity index (χ0) is 17.8. The Labute approximate surface area is 151 Å². The molecule has 1 aromatic heterocycles. The molecule has 1 atom stereocenters. The molecule has 0 unspecified atom stereocenters. The van der Waals surface area contributed by atoms with E-state index in [9.17, 15) is 9.59 Å². The van der Waals surface area contributed by atoms with Crippen molar-refractivity contribution in [1.29, 1.82) is 0 Å². The molecule has 1 saturated heterocycles. The van der Waals surface area contributed by atoms with Crippen molar-refractivity contribution in [3.63, 3.8) is 0 Å². The van der Waals surface area contributed by atoms with Gasteiger partial charge >= 0.3 is 0 Å². The molecule has 1 aliphatic rings. The fraction of sp³-hybridized carbons (Fsp3) is 0.316. The highest BCUT2D eigenvalue weighted by atomic mass is 32.1. The fourth-order valence-corrected chi connectivity index (χ4v) is 3.59. The van der Waals surface area contributed by atoms with Crippen LogP contribution in [0.2, 0.25) is 0 Å². The summed E-state index contributed by atoms with van der Waals surface area (Å²) in [5.41, 5.74) is 5.75. The number of anilines is 1. The van der Waals surface area contributed by atoms with E-state index >= 15 is 0 Å². The largest absolute Gasteiger partial charge is 0.312 e. The molecular formula is C19H21N3O2S. The van der Waals surface area contributed by atoms with Gasteiger partial charge in [-0.3, -0.25) is 9.59 Å². The Morgan fingerprint density at radius 3 is 2.76 bits per heavy atom. The lowest BCUT2D eigenvalue weighted by atomic mass is 10.1. The maximum Gasteiger partial charge on any atom is 0.245 e. The topological polar surface area (TPSA) is 61.8 Å². The van der Waals surface area contributed by atoms with Crippen LogP contribution in [0.15, 0.2) is 40.8 Å². The predicted octanol–water partition coefficient (Wildman–Crippen LogP) is 3.12. The number of benzene rings is 1. The number of hydrogen-bond donors (Lipinski definition) is 1. The Kier molecular flexibility index (Phi) is 5.28. The Morgan fingerprint density at radius 2 is 2.12 bits per heavy atom. The summed E-state index contributed by atoms with van der Waals surface area (Å²) in [6.07, 6.45) is 2.83. The summed E-state index contributed by atoms with van der Waals surface area (Å²) in [4.78, 5) is 27.2. The molecule has 1 aromatic carbocycles. The third-order valence-electron chi connectivity index (χ3n) is 4.41. The van der Waals surface area contributed by atoms with Crippen molar-refractivity contribution in [3.05, 3.63) is 51.7 Å². The van der Waals surface area contributed by atoms with Gasteiger partial charge in [-0.15, -0.1) is 11.3 Å². The Balaban J connectivity index is 1.60. The van der Waals surface area contributed by atoms with Gasteiger partial charge in [-0.05, 0) is 48.1 Å². The molecule has 0 spiro atoms. The van der Waals surface area contributed by atoms with Gasteiger partial charge in [0.25, 0.3) is 0 Å². The minimum Gasteiger partial charge on any atom is -0.312 e. The van der Waals surface area contributed by atoms with Crippen LogP contribution in [0.25, 0.3) is 0 Å². The Morgan fingerprint density at radius 1 is 1.36 bits per heavy atom. The summed E-state index contributed by atoms with van der Waals surface area (Å²) in [6.45, 7) is 4.48. The first kappa shape index (κ1) is 17.4. The molecule has 130 valence electrons. The number of aryl methyl sites for hydroxylation is 2. The van der Waals surface area contributed by atoms with Gasteiger partial charge in [-0.25, -0.2) is 5.43 Å². The highest BCUT2D eigenvalue weighted by Gasteiger charge is 2.35. The van der Waals surface area contributed by atoms with Crippen molar-refractivity contribution in [2.24, 2.45) is 11.0 Å². The van der Waals surface area contributed by atoms with E-state index in [2.05, 4.69) is 17.5 Å². The van der Waals surface area contributed by atoms with Gasteiger partial charge in [0.05, 0.1) is 12.1 Å². The maximum absolute atomic E-state index is 12.3. The summed E-state index contributed by atoms with van der Waals surface area (Å²) < 4.78 is 0. The Bertz CT molecular complexity index is 795. The van der Waals surface area contributed by atoms with Crippen LogP contribution >= 0.6 is 11.3 Å². The highest BCUT2D eigenvalue weighted by Crippen LogP contribution is 2.25. The van der Waals surface area contributed by atoms with E-state index in [4.69, 9.17) is 0 Å². The number of thiophene rings is 1.